The third kappa shape index (κ3) is 2.25. The molecular formula is C13H15FO. The second-order valence-electron chi connectivity index (χ2n) is 4.41. The number of benzene rings is 1. The molecular weight excluding hydrogens is 191 g/mol. The summed E-state index contributed by atoms with van der Waals surface area (Å²) in [5.41, 5.74) is 1.20. The number of carbonyl (C=O) groups is 1. The van der Waals surface area contributed by atoms with E-state index in [1.54, 1.807) is 12.1 Å². The molecule has 2 heteroatoms. The summed E-state index contributed by atoms with van der Waals surface area (Å²) >= 11 is 0. The van der Waals surface area contributed by atoms with Crippen LogP contribution in [0.1, 0.15) is 41.6 Å². The molecule has 0 unspecified atom stereocenters. The molecule has 0 N–H and O–H groups in total. The summed E-state index contributed by atoms with van der Waals surface area (Å²) < 4.78 is 13.4. The molecule has 0 atom stereocenters. The van der Waals surface area contributed by atoms with E-state index < -0.39 is 0 Å². The van der Waals surface area contributed by atoms with Gasteiger partial charge in [0.2, 0.25) is 0 Å². The molecule has 1 aromatic carbocycles. The number of ketones is 1. The van der Waals surface area contributed by atoms with Gasteiger partial charge in [0.1, 0.15) is 5.82 Å². The second-order valence-corrected chi connectivity index (χ2v) is 4.41. The smallest absolute Gasteiger partial charge is 0.166 e. The highest BCUT2D eigenvalue weighted by atomic mass is 19.1. The van der Waals surface area contributed by atoms with Crippen LogP contribution in [0.4, 0.5) is 4.39 Å². The highest BCUT2D eigenvalue weighted by molar-refractivity contribution is 5.96. The average Bonchev–Trinajstić information content (AvgIpc) is 2.15. The van der Waals surface area contributed by atoms with Gasteiger partial charge < -0.3 is 0 Å². The molecule has 0 heterocycles. The third-order valence-corrected chi connectivity index (χ3v) is 3.12. The van der Waals surface area contributed by atoms with E-state index in [4.69, 9.17) is 0 Å². The van der Waals surface area contributed by atoms with E-state index in [1.165, 1.54) is 12.5 Å². The molecule has 0 aromatic heterocycles. The van der Waals surface area contributed by atoms with Crippen LogP contribution in [0.2, 0.25) is 0 Å². The summed E-state index contributed by atoms with van der Waals surface area (Å²) in [6.45, 7) is 1.87. The van der Waals surface area contributed by atoms with Gasteiger partial charge in [0.05, 0.1) is 5.56 Å². The first kappa shape index (κ1) is 10.3. The minimum absolute atomic E-state index is 0.0408. The Morgan fingerprint density at radius 3 is 2.80 bits per heavy atom. The Morgan fingerprint density at radius 1 is 1.47 bits per heavy atom. The fourth-order valence-corrected chi connectivity index (χ4v) is 1.92. The first-order valence-electron chi connectivity index (χ1n) is 5.46. The van der Waals surface area contributed by atoms with Gasteiger partial charge in [0, 0.05) is 6.42 Å². The van der Waals surface area contributed by atoms with E-state index in [1.807, 2.05) is 6.92 Å². The van der Waals surface area contributed by atoms with Crippen LogP contribution in [-0.4, -0.2) is 5.78 Å². The van der Waals surface area contributed by atoms with Crippen LogP contribution in [0, 0.1) is 18.7 Å². The topological polar surface area (TPSA) is 17.1 Å². The van der Waals surface area contributed by atoms with Crippen LogP contribution in [0.3, 0.4) is 0 Å². The Morgan fingerprint density at radius 2 is 2.20 bits per heavy atom. The van der Waals surface area contributed by atoms with Crippen LogP contribution in [0.15, 0.2) is 18.2 Å². The first-order valence-corrected chi connectivity index (χ1v) is 5.46. The van der Waals surface area contributed by atoms with E-state index in [0.29, 0.717) is 12.3 Å². The van der Waals surface area contributed by atoms with Crippen molar-refractivity contribution in [1.82, 2.24) is 0 Å². The highest BCUT2D eigenvalue weighted by Crippen LogP contribution is 2.30. The molecule has 0 bridgehead atoms. The van der Waals surface area contributed by atoms with Crippen LogP contribution >= 0.6 is 0 Å². The lowest BCUT2D eigenvalue weighted by Gasteiger charge is -2.24. The molecule has 1 aliphatic carbocycles. The Kier molecular flexibility index (Phi) is 2.85. The summed E-state index contributed by atoms with van der Waals surface area (Å²) in [6.07, 6.45) is 3.98. The van der Waals surface area contributed by atoms with Gasteiger partial charge in [-0.1, -0.05) is 30.9 Å². The molecule has 1 nitrogen and oxygen atoms in total. The molecule has 2 rings (SSSR count). The molecule has 0 saturated heterocycles. The number of Topliss-reactive ketones (excluding diaryl/α,β-unsaturated/α-hetero) is 1. The summed E-state index contributed by atoms with van der Waals surface area (Å²) in [5.74, 6) is 0.0724. The van der Waals surface area contributed by atoms with Crippen molar-refractivity contribution >= 4 is 5.78 Å². The van der Waals surface area contributed by atoms with Gasteiger partial charge in [0.25, 0.3) is 0 Å². The molecule has 1 saturated carbocycles. The molecule has 0 aliphatic heterocycles. The van der Waals surface area contributed by atoms with Crippen molar-refractivity contribution < 1.29 is 9.18 Å². The maximum atomic E-state index is 13.4. The van der Waals surface area contributed by atoms with Crippen LogP contribution in [0.5, 0.6) is 0 Å². The van der Waals surface area contributed by atoms with Crippen molar-refractivity contribution in [2.75, 3.05) is 0 Å². The maximum absolute atomic E-state index is 13.4. The van der Waals surface area contributed by atoms with E-state index >= 15 is 0 Å². The molecule has 0 amide bonds. The Bertz CT molecular complexity index is 380. The second kappa shape index (κ2) is 4.13. The van der Waals surface area contributed by atoms with Gasteiger partial charge in [-0.05, 0) is 25.0 Å². The average molecular weight is 206 g/mol. The monoisotopic (exact) mass is 206 g/mol. The minimum atomic E-state index is -0.384. The quantitative estimate of drug-likeness (QED) is 0.692. The van der Waals surface area contributed by atoms with Crippen LogP contribution < -0.4 is 0 Å². The molecule has 1 aromatic rings. The lowest BCUT2D eigenvalue weighted by molar-refractivity contribution is 0.0932. The van der Waals surface area contributed by atoms with Gasteiger partial charge in [-0.2, -0.15) is 0 Å². The van der Waals surface area contributed by atoms with Gasteiger partial charge in [-0.25, -0.2) is 4.39 Å². The fraction of sp³-hybridized carbons (Fsp3) is 0.462. The molecule has 0 spiro atoms. The molecule has 1 fully saturated rings. The van der Waals surface area contributed by atoms with Crippen LogP contribution in [0.25, 0.3) is 0 Å². The zero-order valence-corrected chi connectivity index (χ0v) is 8.92. The number of carbonyl (C=O) groups excluding carboxylic acids is 1. The Hall–Kier alpha value is -1.18. The largest absolute Gasteiger partial charge is 0.294 e. The number of hydrogen-bond donors (Lipinski definition) is 0. The van der Waals surface area contributed by atoms with E-state index in [-0.39, 0.29) is 17.2 Å². The van der Waals surface area contributed by atoms with Crippen molar-refractivity contribution in [2.24, 2.45) is 5.92 Å². The summed E-state index contributed by atoms with van der Waals surface area (Å²) in [5, 5.41) is 0. The molecule has 0 radical (unpaired) electrons. The minimum Gasteiger partial charge on any atom is -0.294 e. The summed E-state index contributed by atoms with van der Waals surface area (Å²) in [4.78, 5) is 11.8. The molecule has 15 heavy (non-hydrogen) atoms. The van der Waals surface area contributed by atoms with Gasteiger partial charge in [-0.15, -0.1) is 0 Å². The van der Waals surface area contributed by atoms with Gasteiger partial charge >= 0.3 is 0 Å². The standard InChI is InChI=1S/C13H15FO/c1-9-5-6-12(14)11(7-9)13(15)8-10-3-2-4-10/h5-7,10H,2-4,8H2,1H3. The number of aryl methyl sites for hydroxylation is 1. The molecule has 80 valence electrons. The van der Waals surface area contributed by atoms with Crippen molar-refractivity contribution in [1.29, 1.82) is 0 Å². The zero-order valence-electron chi connectivity index (χ0n) is 8.92. The van der Waals surface area contributed by atoms with Crippen molar-refractivity contribution in [3.05, 3.63) is 35.1 Å². The SMILES string of the molecule is Cc1ccc(F)c(C(=O)CC2CCC2)c1. The number of rotatable bonds is 3. The first-order chi connectivity index (χ1) is 7.16. The lowest BCUT2D eigenvalue weighted by atomic mass is 9.81. The third-order valence-electron chi connectivity index (χ3n) is 3.12. The van der Waals surface area contributed by atoms with E-state index in [2.05, 4.69) is 0 Å². The van der Waals surface area contributed by atoms with Crippen molar-refractivity contribution in [3.63, 3.8) is 0 Å². The summed E-state index contributed by atoms with van der Waals surface area (Å²) in [7, 11) is 0. The predicted octanol–water partition coefficient (Wildman–Crippen LogP) is 3.51. The zero-order chi connectivity index (χ0) is 10.8. The number of halogens is 1. The van der Waals surface area contributed by atoms with Gasteiger partial charge in [0.15, 0.2) is 5.78 Å². The Labute approximate surface area is 89.3 Å². The number of hydrogen-bond acceptors (Lipinski definition) is 1. The van der Waals surface area contributed by atoms with Gasteiger partial charge in [-0.3, -0.25) is 4.79 Å². The molecule has 1 aliphatic rings. The Balaban J connectivity index is 2.12. The van der Waals surface area contributed by atoms with E-state index in [9.17, 15) is 9.18 Å². The fourth-order valence-electron chi connectivity index (χ4n) is 1.92. The highest BCUT2D eigenvalue weighted by Gasteiger charge is 2.22. The van der Waals surface area contributed by atoms with Crippen LogP contribution in [-0.2, 0) is 0 Å². The lowest BCUT2D eigenvalue weighted by Crippen LogP contribution is -2.16. The predicted molar refractivity (Wildman–Crippen MR) is 57.4 cm³/mol. The normalized spacial score (nSPS) is 16.1. The van der Waals surface area contributed by atoms with E-state index in [0.717, 1.165) is 18.4 Å². The van der Waals surface area contributed by atoms with Crippen molar-refractivity contribution in [2.45, 2.75) is 32.6 Å². The maximum Gasteiger partial charge on any atom is 0.166 e. The summed E-state index contributed by atoms with van der Waals surface area (Å²) in [6, 6.07) is 4.72. The van der Waals surface area contributed by atoms with Crippen molar-refractivity contribution in [3.8, 4) is 0 Å².